The Labute approximate surface area is 110 Å². The zero-order chi connectivity index (χ0) is 13.1. The summed E-state index contributed by atoms with van der Waals surface area (Å²) in [5.41, 5.74) is 0.617. The normalized spacial score (nSPS) is 14.6. The fourth-order valence-electron chi connectivity index (χ4n) is 1.93. The first kappa shape index (κ1) is 13.3. The zero-order valence-corrected chi connectivity index (χ0v) is 10.7. The molecule has 2 rings (SSSR count). The second-order valence-corrected chi connectivity index (χ2v) is 4.86. The lowest BCUT2D eigenvalue weighted by Gasteiger charge is -2.21. The van der Waals surface area contributed by atoms with E-state index in [1.165, 1.54) is 18.2 Å². The molecule has 0 aliphatic heterocycles. The van der Waals surface area contributed by atoms with Crippen molar-refractivity contribution in [2.75, 3.05) is 13.2 Å². The van der Waals surface area contributed by atoms with Crippen molar-refractivity contribution in [2.45, 2.75) is 25.3 Å². The van der Waals surface area contributed by atoms with E-state index in [9.17, 15) is 9.18 Å². The second kappa shape index (κ2) is 5.67. The molecular formula is C13H15ClFNO2. The van der Waals surface area contributed by atoms with Crippen molar-refractivity contribution in [3.8, 4) is 0 Å². The number of nitrogens with zero attached hydrogens (tertiary/aromatic N) is 1. The summed E-state index contributed by atoms with van der Waals surface area (Å²) in [4.78, 5) is 13.8. The first-order valence-electron chi connectivity index (χ1n) is 5.96. The summed E-state index contributed by atoms with van der Waals surface area (Å²) in [6.07, 6.45) is 2.13. The molecule has 5 heteroatoms. The Balaban J connectivity index is 2.05. The molecule has 1 aromatic carbocycles. The smallest absolute Gasteiger partial charge is 0.227 e. The number of hydrogen-bond donors (Lipinski definition) is 1. The molecule has 1 saturated carbocycles. The maximum Gasteiger partial charge on any atom is 0.227 e. The number of benzene rings is 1. The highest BCUT2D eigenvalue weighted by atomic mass is 35.5. The van der Waals surface area contributed by atoms with Crippen molar-refractivity contribution >= 4 is 17.5 Å². The van der Waals surface area contributed by atoms with Crippen molar-refractivity contribution in [1.82, 2.24) is 4.90 Å². The predicted octanol–water partition coefficient (Wildman–Crippen LogP) is 2.00. The average molecular weight is 272 g/mol. The van der Waals surface area contributed by atoms with Crippen LogP contribution in [0.3, 0.4) is 0 Å². The fourth-order valence-corrected chi connectivity index (χ4v) is 2.17. The van der Waals surface area contributed by atoms with E-state index in [-0.39, 0.29) is 30.0 Å². The van der Waals surface area contributed by atoms with E-state index in [1.54, 1.807) is 4.90 Å². The van der Waals surface area contributed by atoms with Gasteiger partial charge in [-0.1, -0.05) is 17.7 Å². The second-order valence-electron chi connectivity index (χ2n) is 4.45. The molecule has 0 bridgehead atoms. The first-order chi connectivity index (χ1) is 8.61. The summed E-state index contributed by atoms with van der Waals surface area (Å²) in [7, 11) is 0. The molecule has 0 radical (unpaired) electrons. The molecule has 1 aromatic rings. The molecule has 98 valence electrons. The van der Waals surface area contributed by atoms with Crippen molar-refractivity contribution in [1.29, 1.82) is 0 Å². The Kier molecular flexibility index (Phi) is 4.19. The van der Waals surface area contributed by atoms with E-state index >= 15 is 0 Å². The highest BCUT2D eigenvalue weighted by molar-refractivity contribution is 6.31. The number of aliphatic hydroxyl groups is 1. The van der Waals surface area contributed by atoms with Gasteiger partial charge in [-0.15, -0.1) is 0 Å². The molecule has 0 saturated heterocycles. The molecule has 0 heterocycles. The maximum absolute atomic E-state index is 12.9. The summed E-state index contributed by atoms with van der Waals surface area (Å²) >= 11 is 5.89. The van der Waals surface area contributed by atoms with Crippen LogP contribution in [0, 0.1) is 5.82 Å². The Bertz CT molecular complexity index is 449. The topological polar surface area (TPSA) is 40.5 Å². The number of carbonyl (C=O) groups excluding carboxylic acids is 1. The van der Waals surface area contributed by atoms with Crippen LogP contribution in [0.2, 0.25) is 5.02 Å². The molecule has 0 unspecified atom stereocenters. The van der Waals surface area contributed by atoms with Gasteiger partial charge in [0.05, 0.1) is 13.0 Å². The van der Waals surface area contributed by atoms with Crippen molar-refractivity contribution in [3.05, 3.63) is 34.6 Å². The minimum Gasteiger partial charge on any atom is -0.395 e. The third-order valence-electron chi connectivity index (χ3n) is 3.01. The van der Waals surface area contributed by atoms with Gasteiger partial charge in [0.25, 0.3) is 0 Å². The summed E-state index contributed by atoms with van der Waals surface area (Å²) in [5.74, 6) is -0.481. The number of hydrogen-bond acceptors (Lipinski definition) is 2. The van der Waals surface area contributed by atoms with Gasteiger partial charge in [0, 0.05) is 17.6 Å². The fraction of sp³-hybridized carbons (Fsp3) is 0.462. The van der Waals surface area contributed by atoms with E-state index < -0.39 is 5.82 Å². The van der Waals surface area contributed by atoms with Crippen LogP contribution in [0.15, 0.2) is 18.2 Å². The highest BCUT2D eigenvalue weighted by Gasteiger charge is 2.32. The number of aliphatic hydroxyl groups excluding tert-OH is 1. The van der Waals surface area contributed by atoms with Gasteiger partial charge in [-0.25, -0.2) is 4.39 Å². The molecular weight excluding hydrogens is 257 g/mol. The minimum atomic E-state index is -0.411. The molecule has 1 aliphatic rings. The van der Waals surface area contributed by atoms with Crippen molar-refractivity contribution in [2.24, 2.45) is 0 Å². The van der Waals surface area contributed by atoms with Gasteiger partial charge < -0.3 is 10.0 Å². The van der Waals surface area contributed by atoms with Crippen LogP contribution in [0.5, 0.6) is 0 Å². The van der Waals surface area contributed by atoms with Gasteiger partial charge in [0.1, 0.15) is 5.82 Å². The number of carbonyl (C=O) groups is 1. The summed E-state index contributed by atoms with van der Waals surface area (Å²) < 4.78 is 12.9. The number of halogens is 2. The molecule has 1 amide bonds. The molecule has 0 spiro atoms. The minimum absolute atomic E-state index is 0.0423. The Morgan fingerprint density at radius 1 is 1.50 bits per heavy atom. The first-order valence-corrected chi connectivity index (χ1v) is 6.34. The van der Waals surface area contributed by atoms with Crippen LogP contribution in [0.1, 0.15) is 18.4 Å². The predicted molar refractivity (Wildman–Crippen MR) is 66.9 cm³/mol. The van der Waals surface area contributed by atoms with Gasteiger partial charge >= 0.3 is 0 Å². The SMILES string of the molecule is O=C(Cc1ccc(F)cc1Cl)N(CCO)C1CC1. The van der Waals surface area contributed by atoms with E-state index in [4.69, 9.17) is 16.7 Å². The highest BCUT2D eigenvalue weighted by Crippen LogP contribution is 2.28. The van der Waals surface area contributed by atoms with Gasteiger partial charge in [-0.2, -0.15) is 0 Å². The molecule has 18 heavy (non-hydrogen) atoms. The summed E-state index contributed by atoms with van der Waals surface area (Å²) in [5, 5.41) is 9.22. The quantitative estimate of drug-likeness (QED) is 0.890. The van der Waals surface area contributed by atoms with Crippen LogP contribution in [0.4, 0.5) is 4.39 Å². The third kappa shape index (κ3) is 3.21. The van der Waals surface area contributed by atoms with Crippen LogP contribution in [-0.2, 0) is 11.2 Å². The maximum atomic E-state index is 12.9. The molecule has 3 nitrogen and oxygen atoms in total. The zero-order valence-electron chi connectivity index (χ0n) is 9.90. The average Bonchev–Trinajstić information content (AvgIpc) is 3.13. The molecule has 0 atom stereocenters. The van der Waals surface area contributed by atoms with Gasteiger partial charge in [-0.05, 0) is 30.5 Å². The van der Waals surface area contributed by atoms with E-state index in [2.05, 4.69) is 0 Å². The van der Waals surface area contributed by atoms with E-state index in [0.717, 1.165) is 12.8 Å². The van der Waals surface area contributed by atoms with Gasteiger partial charge in [0.2, 0.25) is 5.91 Å². The molecule has 0 aromatic heterocycles. The lowest BCUT2D eigenvalue weighted by Crippen LogP contribution is -2.36. The van der Waals surface area contributed by atoms with Gasteiger partial charge in [-0.3, -0.25) is 4.79 Å². The van der Waals surface area contributed by atoms with Crippen molar-refractivity contribution in [3.63, 3.8) is 0 Å². The van der Waals surface area contributed by atoms with E-state index in [1.807, 2.05) is 0 Å². The monoisotopic (exact) mass is 271 g/mol. The van der Waals surface area contributed by atoms with Crippen LogP contribution >= 0.6 is 11.6 Å². The summed E-state index contributed by atoms with van der Waals surface area (Å²) in [6, 6.07) is 4.28. The Morgan fingerprint density at radius 3 is 2.78 bits per heavy atom. The molecule has 1 aliphatic carbocycles. The lowest BCUT2D eigenvalue weighted by molar-refractivity contribution is -0.131. The third-order valence-corrected chi connectivity index (χ3v) is 3.36. The molecule has 1 fully saturated rings. The van der Waals surface area contributed by atoms with Crippen LogP contribution < -0.4 is 0 Å². The Morgan fingerprint density at radius 2 is 2.22 bits per heavy atom. The lowest BCUT2D eigenvalue weighted by atomic mass is 10.1. The number of amides is 1. The van der Waals surface area contributed by atoms with Crippen LogP contribution in [-0.4, -0.2) is 35.1 Å². The number of rotatable bonds is 5. The molecule has 1 N–H and O–H groups in total. The largest absolute Gasteiger partial charge is 0.395 e. The van der Waals surface area contributed by atoms with Gasteiger partial charge in [0.15, 0.2) is 0 Å². The van der Waals surface area contributed by atoms with Crippen molar-refractivity contribution < 1.29 is 14.3 Å². The van der Waals surface area contributed by atoms with E-state index in [0.29, 0.717) is 12.1 Å². The Hall–Kier alpha value is -1.13. The summed E-state index contributed by atoms with van der Waals surface area (Å²) in [6.45, 7) is 0.307. The standard InChI is InChI=1S/C13H15ClFNO2/c14-12-8-10(15)2-1-9(12)7-13(18)16(5-6-17)11-3-4-11/h1-2,8,11,17H,3-7H2. The van der Waals surface area contributed by atoms with Crippen LogP contribution in [0.25, 0.3) is 0 Å².